The number of carbonyl (C=O) groups excluding carboxylic acids is 3. The van der Waals surface area contributed by atoms with E-state index in [1.54, 1.807) is 6.92 Å². The third kappa shape index (κ3) is 5.95. The monoisotopic (exact) mass is 420 g/mol. The molecule has 1 aromatic carbocycles. The van der Waals surface area contributed by atoms with Crippen LogP contribution in [-0.4, -0.2) is 44.7 Å². The van der Waals surface area contributed by atoms with Crippen molar-refractivity contribution in [3.63, 3.8) is 0 Å². The number of likely N-dealkylation sites (N-methyl/N-ethyl adjacent to an activating group) is 1. The fourth-order valence-electron chi connectivity index (χ4n) is 2.51. The third-order valence-corrected chi connectivity index (χ3v) is 4.81. The van der Waals surface area contributed by atoms with Crippen molar-refractivity contribution in [2.45, 2.75) is 26.4 Å². The second-order valence-corrected chi connectivity index (χ2v) is 7.03. The number of hydrogen-bond donors (Lipinski definition) is 2. The fourth-order valence-corrected chi connectivity index (χ4v) is 3.22. The molecule has 0 aliphatic rings. The van der Waals surface area contributed by atoms with E-state index >= 15 is 0 Å². The summed E-state index contributed by atoms with van der Waals surface area (Å²) in [6.45, 7) is 3.65. The van der Waals surface area contributed by atoms with Gasteiger partial charge in [0.2, 0.25) is 5.91 Å². The number of ether oxygens (including phenoxy) is 3. The van der Waals surface area contributed by atoms with Crippen LogP contribution >= 0.6 is 11.3 Å². The zero-order chi connectivity index (χ0) is 21.4. The van der Waals surface area contributed by atoms with Crippen molar-refractivity contribution in [2.24, 2.45) is 0 Å². The molecule has 0 unspecified atom stereocenters. The number of benzene rings is 1. The molecule has 0 aliphatic heterocycles. The minimum atomic E-state index is -0.995. The van der Waals surface area contributed by atoms with Gasteiger partial charge in [0.15, 0.2) is 17.6 Å². The number of hydrogen-bond acceptors (Lipinski definition) is 7. The van der Waals surface area contributed by atoms with Gasteiger partial charge < -0.3 is 24.8 Å². The molecule has 1 aromatic heterocycles. The zero-order valence-corrected chi connectivity index (χ0v) is 17.6. The van der Waals surface area contributed by atoms with Gasteiger partial charge in [0, 0.05) is 23.6 Å². The molecule has 0 radical (unpaired) electrons. The van der Waals surface area contributed by atoms with E-state index in [-0.39, 0.29) is 23.6 Å². The number of anilines is 1. The molecule has 2 aromatic rings. The largest absolute Gasteiger partial charge is 0.493 e. The standard InChI is InChI=1S/C20H24N2O6S/c1-5-21-19(24)12(2)28-20(25)14-10-16(26-3)17(27-4)11-15(14)22-18(23)9-13-7-6-8-29-13/h6-8,10-12H,5,9H2,1-4H3,(H,21,24)(H,22,23)/t12-/m0/s1. The number of thiophene rings is 1. The Morgan fingerprint density at radius 2 is 1.83 bits per heavy atom. The first-order valence-electron chi connectivity index (χ1n) is 8.96. The summed E-state index contributed by atoms with van der Waals surface area (Å²) < 4.78 is 15.8. The maximum Gasteiger partial charge on any atom is 0.341 e. The number of esters is 1. The molecule has 1 atom stereocenters. The molecule has 0 spiro atoms. The smallest absolute Gasteiger partial charge is 0.341 e. The summed E-state index contributed by atoms with van der Waals surface area (Å²) in [6.07, 6.45) is -0.833. The number of methoxy groups -OCH3 is 2. The number of carbonyl (C=O) groups is 3. The van der Waals surface area contributed by atoms with E-state index in [0.717, 1.165) is 4.88 Å². The minimum Gasteiger partial charge on any atom is -0.493 e. The van der Waals surface area contributed by atoms with Gasteiger partial charge in [-0.1, -0.05) is 6.07 Å². The number of nitrogens with one attached hydrogen (secondary N) is 2. The predicted molar refractivity (Wildman–Crippen MR) is 110 cm³/mol. The number of amides is 2. The van der Waals surface area contributed by atoms with Gasteiger partial charge in [0.1, 0.15) is 0 Å². The summed E-state index contributed by atoms with van der Waals surface area (Å²) in [7, 11) is 2.88. The van der Waals surface area contributed by atoms with Crippen LogP contribution in [0.2, 0.25) is 0 Å². The van der Waals surface area contributed by atoms with Gasteiger partial charge in [0.05, 0.1) is 31.9 Å². The maximum atomic E-state index is 12.7. The van der Waals surface area contributed by atoms with E-state index in [4.69, 9.17) is 14.2 Å². The van der Waals surface area contributed by atoms with E-state index in [1.165, 1.54) is 44.6 Å². The van der Waals surface area contributed by atoms with Gasteiger partial charge in [-0.2, -0.15) is 0 Å². The van der Waals surface area contributed by atoms with Crippen molar-refractivity contribution < 1.29 is 28.6 Å². The van der Waals surface area contributed by atoms with Gasteiger partial charge in [-0.25, -0.2) is 4.79 Å². The van der Waals surface area contributed by atoms with Crippen molar-refractivity contribution in [3.05, 3.63) is 40.1 Å². The van der Waals surface area contributed by atoms with Crippen LogP contribution in [-0.2, 0) is 20.7 Å². The summed E-state index contributed by atoms with van der Waals surface area (Å²) in [6, 6.07) is 6.60. The van der Waals surface area contributed by atoms with Crippen LogP contribution in [0.25, 0.3) is 0 Å². The highest BCUT2D eigenvalue weighted by atomic mass is 32.1. The molecule has 2 rings (SSSR count). The Balaban J connectivity index is 2.29. The van der Waals surface area contributed by atoms with Crippen molar-refractivity contribution in [2.75, 3.05) is 26.1 Å². The molecule has 0 fully saturated rings. The van der Waals surface area contributed by atoms with Crippen molar-refractivity contribution in [3.8, 4) is 11.5 Å². The quantitative estimate of drug-likeness (QED) is 0.605. The van der Waals surface area contributed by atoms with Crippen LogP contribution in [0.1, 0.15) is 29.1 Å². The van der Waals surface area contributed by atoms with Crippen LogP contribution < -0.4 is 20.1 Å². The Morgan fingerprint density at radius 3 is 2.41 bits per heavy atom. The maximum absolute atomic E-state index is 12.7. The first-order valence-corrected chi connectivity index (χ1v) is 9.84. The first-order chi connectivity index (χ1) is 13.9. The average Bonchev–Trinajstić information content (AvgIpc) is 3.20. The normalized spacial score (nSPS) is 11.3. The van der Waals surface area contributed by atoms with E-state index < -0.39 is 18.0 Å². The molecule has 29 heavy (non-hydrogen) atoms. The molecule has 0 bridgehead atoms. The Hall–Kier alpha value is -3.07. The molecular formula is C20H24N2O6S. The van der Waals surface area contributed by atoms with Gasteiger partial charge in [-0.15, -0.1) is 11.3 Å². The van der Waals surface area contributed by atoms with E-state index in [0.29, 0.717) is 18.0 Å². The first kappa shape index (κ1) is 22.2. The Bertz CT molecular complexity index is 866. The van der Waals surface area contributed by atoms with Gasteiger partial charge in [-0.3, -0.25) is 9.59 Å². The van der Waals surface area contributed by atoms with Gasteiger partial charge >= 0.3 is 5.97 Å². The predicted octanol–water partition coefficient (Wildman–Crippen LogP) is 2.63. The molecule has 9 heteroatoms. The molecule has 0 aliphatic carbocycles. The van der Waals surface area contributed by atoms with E-state index in [2.05, 4.69) is 10.6 Å². The van der Waals surface area contributed by atoms with Crippen LogP contribution in [0.5, 0.6) is 11.5 Å². The van der Waals surface area contributed by atoms with E-state index in [9.17, 15) is 14.4 Å². The Morgan fingerprint density at radius 1 is 1.14 bits per heavy atom. The lowest BCUT2D eigenvalue weighted by molar-refractivity contribution is -0.129. The molecule has 156 valence electrons. The minimum absolute atomic E-state index is 0.0540. The van der Waals surface area contributed by atoms with Crippen molar-refractivity contribution in [1.29, 1.82) is 0 Å². The second-order valence-electron chi connectivity index (χ2n) is 6.00. The molecule has 2 N–H and O–H groups in total. The average molecular weight is 420 g/mol. The topological polar surface area (TPSA) is 103 Å². The van der Waals surface area contributed by atoms with Crippen molar-refractivity contribution in [1.82, 2.24) is 5.32 Å². The van der Waals surface area contributed by atoms with E-state index in [1.807, 2.05) is 17.5 Å². The molecule has 2 amide bonds. The second kappa shape index (κ2) is 10.5. The van der Waals surface area contributed by atoms with Crippen molar-refractivity contribution >= 4 is 34.8 Å². The summed E-state index contributed by atoms with van der Waals surface area (Å²) in [5, 5.41) is 7.18. The van der Waals surface area contributed by atoms with Crippen LogP contribution in [0.15, 0.2) is 29.6 Å². The zero-order valence-electron chi connectivity index (χ0n) is 16.7. The molecule has 0 saturated heterocycles. The summed E-state index contributed by atoms with van der Waals surface area (Å²) >= 11 is 1.46. The van der Waals surface area contributed by atoms with Crippen LogP contribution in [0, 0.1) is 0 Å². The Labute approximate surface area is 173 Å². The van der Waals surface area contributed by atoms with Gasteiger partial charge in [-0.05, 0) is 25.3 Å². The summed E-state index contributed by atoms with van der Waals surface area (Å²) in [5.74, 6) is -0.847. The lowest BCUT2D eigenvalue weighted by Gasteiger charge is -2.17. The SMILES string of the molecule is CCNC(=O)[C@H](C)OC(=O)c1cc(OC)c(OC)cc1NC(=O)Cc1cccs1. The highest BCUT2D eigenvalue weighted by Gasteiger charge is 2.24. The Kier molecular flexibility index (Phi) is 8.02. The molecule has 1 heterocycles. The van der Waals surface area contributed by atoms with Crippen LogP contribution in [0.3, 0.4) is 0 Å². The highest BCUT2D eigenvalue weighted by molar-refractivity contribution is 7.10. The molecule has 0 saturated carbocycles. The third-order valence-electron chi connectivity index (χ3n) is 3.94. The lowest BCUT2D eigenvalue weighted by Crippen LogP contribution is -2.35. The summed E-state index contributed by atoms with van der Waals surface area (Å²) in [4.78, 5) is 37.9. The lowest BCUT2D eigenvalue weighted by atomic mass is 10.1. The highest BCUT2D eigenvalue weighted by Crippen LogP contribution is 2.34. The molecular weight excluding hydrogens is 396 g/mol. The van der Waals surface area contributed by atoms with Crippen LogP contribution in [0.4, 0.5) is 5.69 Å². The van der Waals surface area contributed by atoms with Gasteiger partial charge in [0.25, 0.3) is 5.91 Å². The fraction of sp³-hybridized carbons (Fsp3) is 0.350. The molecule has 8 nitrogen and oxygen atoms in total. The number of rotatable bonds is 9. The summed E-state index contributed by atoms with van der Waals surface area (Å²) in [5.41, 5.74) is 0.260.